The molecule has 2 heterocycles. The summed E-state index contributed by atoms with van der Waals surface area (Å²) in [5.41, 5.74) is 2.08. The van der Waals surface area contributed by atoms with E-state index in [-0.39, 0.29) is 16.9 Å². The van der Waals surface area contributed by atoms with E-state index in [1.165, 1.54) is 6.92 Å². The van der Waals surface area contributed by atoms with E-state index in [0.717, 1.165) is 30.8 Å². The summed E-state index contributed by atoms with van der Waals surface area (Å²) < 4.78 is 0. The zero-order valence-corrected chi connectivity index (χ0v) is 10.5. The number of carbonyl (C=O) groups excluding carboxylic acids is 1. The van der Waals surface area contributed by atoms with E-state index in [1.807, 2.05) is 0 Å². The molecule has 92 valence electrons. The van der Waals surface area contributed by atoms with E-state index in [1.54, 1.807) is 6.07 Å². The molecule has 0 saturated carbocycles. The number of hydrogen-bond acceptors (Lipinski definition) is 3. The predicted molar refractivity (Wildman–Crippen MR) is 66.3 cm³/mol. The van der Waals surface area contributed by atoms with Crippen LogP contribution in [0, 0.1) is 0 Å². The van der Waals surface area contributed by atoms with Gasteiger partial charge in [-0.05, 0) is 38.8 Å². The normalized spacial score (nSPS) is 16.0. The number of nitrogens with one attached hydrogen (secondary N) is 1. The lowest BCUT2D eigenvalue weighted by Crippen LogP contribution is -2.37. The van der Waals surface area contributed by atoms with Gasteiger partial charge in [0.15, 0.2) is 5.78 Å². The molecule has 1 aliphatic heterocycles. The first kappa shape index (κ1) is 12.0. The number of pyridine rings is 1. The monoisotopic (exact) mass is 234 g/mol. The van der Waals surface area contributed by atoms with Crippen LogP contribution in [0.25, 0.3) is 0 Å². The number of aromatic amines is 1. The third-order valence-corrected chi connectivity index (χ3v) is 3.35. The largest absolute Gasteiger partial charge is 0.324 e. The van der Waals surface area contributed by atoms with Crippen LogP contribution in [0.5, 0.6) is 0 Å². The number of carbonyl (C=O) groups is 1. The number of ketones is 1. The van der Waals surface area contributed by atoms with Gasteiger partial charge in [-0.15, -0.1) is 0 Å². The van der Waals surface area contributed by atoms with Gasteiger partial charge >= 0.3 is 0 Å². The third kappa shape index (κ3) is 2.31. The Morgan fingerprint density at radius 1 is 1.47 bits per heavy atom. The maximum atomic E-state index is 11.7. The Morgan fingerprint density at radius 3 is 2.76 bits per heavy atom. The Labute approximate surface area is 101 Å². The topological polar surface area (TPSA) is 53.2 Å². The fourth-order valence-electron chi connectivity index (χ4n) is 2.22. The first-order valence-corrected chi connectivity index (χ1v) is 5.99. The van der Waals surface area contributed by atoms with Crippen LogP contribution in [0.3, 0.4) is 0 Å². The van der Waals surface area contributed by atoms with Crippen molar-refractivity contribution in [3.05, 3.63) is 33.2 Å². The molecule has 4 nitrogen and oxygen atoms in total. The molecule has 0 aromatic carbocycles. The minimum Gasteiger partial charge on any atom is -0.324 e. The number of rotatable bonds is 2. The molecule has 0 aliphatic carbocycles. The van der Waals surface area contributed by atoms with E-state index in [9.17, 15) is 9.59 Å². The average Bonchev–Trinajstić information content (AvgIpc) is 2.26. The zero-order chi connectivity index (χ0) is 12.6. The summed E-state index contributed by atoms with van der Waals surface area (Å²) in [6.45, 7) is 7.47. The van der Waals surface area contributed by atoms with Crippen molar-refractivity contribution in [3.8, 4) is 0 Å². The Morgan fingerprint density at radius 2 is 2.18 bits per heavy atom. The summed E-state index contributed by atoms with van der Waals surface area (Å²) in [6.07, 6.45) is 0.893. The van der Waals surface area contributed by atoms with Crippen LogP contribution in [0.4, 0.5) is 0 Å². The highest BCUT2D eigenvalue weighted by molar-refractivity contribution is 5.93. The first-order chi connectivity index (χ1) is 7.99. The van der Waals surface area contributed by atoms with Crippen LogP contribution in [0.1, 0.15) is 42.4 Å². The van der Waals surface area contributed by atoms with Gasteiger partial charge in [-0.25, -0.2) is 0 Å². The van der Waals surface area contributed by atoms with Crippen LogP contribution >= 0.6 is 0 Å². The number of H-pyrrole nitrogens is 1. The minimum atomic E-state index is -0.262. The van der Waals surface area contributed by atoms with Crippen molar-refractivity contribution in [1.82, 2.24) is 9.88 Å². The second-order valence-electron chi connectivity index (χ2n) is 4.89. The molecule has 0 bridgehead atoms. The highest BCUT2D eigenvalue weighted by atomic mass is 16.1. The molecule has 0 fully saturated rings. The van der Waals surface area contributed by atoms with Gasteiger partial charge in [0.25, 0.3) is 5.56 Å². The van der Waals surface area contributed by atoms with Crippen LogP contribution < -0.4 is 5.56 Å². The van der Waals surface area contributed by atoms with Crippen LogP contribution in [0.2, 0.25) is 0 Å². The fourth-order valence-corrected chi connectivity index (χ4v) is 2.22. The lowest BCUT2D eigenvalue weighted by molar-refractivity contribution is 0.101. The van der Waals surface area contributed by atoms with Gasteiger partial charge in [0.2, 0.25) is 0 Å². The number of fused-ring (bicyclic) bond motifs is 1. The standard InChI is InChI=1S/C13H18N2O2/c1-8(2)15-5-4-10-6-11(9(3)16)13(17)14-12(10)7-15/h6,8H,4-5,7H2,1-3H3,(H,14,17). The molecule has 0 atom stereocenters. The molecule has 1 N–H and O–H groups in total. The van der Waals surface area contributed by atoms with E-state index < -0.39 is 0 Å². The summed E-state index contributed by atoms with van der Waals surface area (Å²) in [7, 11) is 0. The van der Waals surface area contributed by atoms with E-state index in [0.29, 0.717) is 6.04 Å². The minimum absolute atomic E-state index is 0.166. The number of aromatic nitrogens is 1. The molecule has 4 heteroatoms. The van der Waals surface area contributed by atoms with E-state index >= 15 is 0 Å². The molecule has 0 saturated heterocycles. The SMILES string of the molecule is CC(=O)c1cc2c([nH]c1=O)CN(C(C)C)CC2. The maximum absolute atomic E-state index is 11.7. The van der Waals surface area contributed by atoms with Gasteiger partial charge in [0.1, 0.15) is 0 Å². The van der Waals surface area contributed by atoms with Crippen molar-refractivity contribution in [2.45, 2.75) is 39.8 Å². The van der Waals surface area contributed by atoms with Gasteiger partial charge in [0.05, 0.1) is 5.56 Å². The van der Waals surface area contributed by atoms with E-state index in [2.05, 4.69) is 23.7 Å². The molecule has 0 amide bonds. The smallest absolute Gasteiger partial charge is 0.259 e. The highest BCUT2D eigenvalue weighted by Gasteiger charge is 2.20. The molecule has 2 rings (SSSR count). The van der Waals surface area contributed by atoms with Gasteiger partial charge in [-0.1, -0.05) is 0 Å². The van der Waals surface area contributed by atoms with Gasteiger partial charge in [0, 0.05) is 24.8 Å². The van der Waals surface area contributed by atoms with Crippen molar-refractivity contribution in [2.75, 3.05) is 6.54 Å². The number of nitrogens with zero attached hydrogens (tertiary/aromatic N) is 1. The second-order valence-corrected chi connectivity index (χ2v) is 4.89. The number of Topliss-reactive ketones (excluding diaryl/α,β-unsaturated/α-hetero) is 1. The Hall–Kier alpha value is -1.42. The molecule has 1 aliphatic rings. The number of hydrogen-bond donors (Lipinski definition) is 1. The summed E-state index contributed by atoms with van der Waals surface area (Å²) >= 11 is 0. The zero-order valence-electron chi connectivity index (χ0n) is 10.5. The molecule has 0 unspecified atom stereocenters. The van der Waals surface area contributed by atoms with Gasteiger partial charge in [-0.3, -0.25) is 14.5 Å². The van der Waals surface area contributed by atoms with E-state index in [4.69, 9.17) is 0 Å². The molecule has 0 radical (unpaired) electrons. The second kappa shape index (κ2) is 4.45. The van der Waals surface area contributed by atoms with Crippen LogP contribution in [0.15, 0.2) is 10.9 Å². The maximum Gasteiger partial charge on any atom is 0.259 e. The van der Waals surface area contributed by atoms with Gasteiger partial charge < -0.3 is 4.98 Å². The lowest BCUT2D eigenvalue weighted by Gasteiger charge is -2.31. The molecular weight excluding hydrogens is 216 g/mol. The molecule has 0 spiro atoms. The molecule has 17 heavy (non-hydrogen) atoms. The predicted octanol–water partition coefficient (Wildman–Crippen LogP) is 1.34. The summed E-state index contributed by atoms with van der Waals surface area (Å²) in [5, 5.41) is 0. The Kier molecular flexibility index (Phi) is 3.15. The van der Waals surface area contributed by atoms with Gasteiger partial charge in [-0.2, -0.15) is 0 Å². The van der Waals surface area contributed by atoms with Crippen molar-refractivity contribution in [2.24, 2.45) is 0 Å². The molecule has 1 aromatic rings. The van der Waals surface area contributed by atoms with Crippen LogP contribution in [-0.4, -0.2) is 28.3 Å². The average molecular weight is 234 g/mol. The summed E-state index contributed by atoms with van der Waals surface area (Å²) in [6, 6.07) is 2.23. The molecule has 1 aromatic heterocycles. The third-order valence-electron chi connectivity index (χ3n) is 3.35. The fraction of sp³-hybridized carbons (Fsp3) is 0.538. The Bertz CT molecular complexity index is 503. The Balaban J connectivity index is 2.39. The first-order valence-electron chi connectivity index (χ1n) is 5.99. The van der Waals surface area contributed by atoms with Crippen molar-refractivity contribution < 1.29 is 4.79 Å². The molecular formula is C13H18N2O2. The lowest BCUT2D eigenvalue weighted by atomic mass is 10.0. The quantitative estimate of drug-likeness (QED) is 0.786. The summed E-state index contributed by atoms with van der Waals surface area (Å²) in [4.78, 5) is 28.2. The highest BCUT2D eigenvalue weighted by Crippen LogP contribution is 2.18. The summed E-state index contributed by atoms with van der Waals surface area (Å²) in [5.74, 6) is -0.166. The van der Waals surface area contributed by atoms with Crippen molar-refractivity contribution in [3.63, 3.8) is 0 Å². The van der Waals surface area contributed by atoms with Crippen molar-refractivity contribution in [1.29, 1.82) is 0 Å². The van der Waals surface area contributed by atoms with Crippen LogP contribution in [-0.2, 0) is 13.0 Å². The van der Waals surface area contributed by atoms with Crippen molar-refractivity contribution >= 4 is 5.78 Å².